The van der Waals surface area contributed by atoms with Crippen LogP contribution in [-0.2, 0) is 16.6 Å². The molecule has 0 atom stereocenters. The Morgan fingerprint density at radius 3 is 2.56 bits per heavy atom. The van der Waals surface area contributed by atoms with Gasteiger partial charge in [0.25, 0.3) is 15.9 Å². The van der Waals surface area contributed by atoms with Gasteiger partial charge in [-0.2, -0.15) is 0 Å². The number of amides is 1. The van der Waals surface area contributed by atoms with Crippen molar-refractivity contribution in [2.45, 2.75) is 25.3 Å². The summed E-state index contributed by atoms with van der Waals surface area (Å²) < 4.78 is 40.1. The summed E-state index contributed by atoms with van der Waals surface area (Å²) in [5.41, 5.74) is 1.46. The third kappa shape index (κ3) is 4.03. The summed E-state index contributed by atoms with van der Waals surface area (Å²) >= 11 is 0. The van der Waals surface area contributed by atoms with E-state index in [1.165, 1.54) is 24.4 Å². The molecule has 27 heavy (non-hydrogen) atoms. The van der Waals surface area contributed by atoms with Crippen molar-refractivity contribution >= 4 is 15.9 Å². The van der Waals surface area contributed by atoms with Gasteiger partial charge in [0.05, 0.1) is 5.56 Å². The molecule has 0 fully saturated rings. The van der Waals surface area contributed by atoms with E-state index in [9.17, 15) is 17.6 Å². The van der Waals surface area contributed by atoms with Crippen molar-refractivity contribution in [3.63, 3.8) is 0 Å². The number of halogens is 1. The van der Waals surface area contributed by atoms with Crippen LogP contribution in [0.1, 0.15) is 27.3 Å². The first-order valence-electron chi connectivity index (χ1n) is 8.03. The average Bonchev–Trinajstić information content (AvgIpc) is 3.12. The van der Waals surface area contributed by atoms with Crippen LogP contribution in [0.5, 0.6) is 0 Å². The molecule has 0 aliphatic heterocycles. The minimum absolute atomic E-state index is 0.138. The molecule has 3 aromatic rings. The van der Waals surface area contributed by atoms with E-state index in [1.807, 2.05) is 0 Å². The molecule has 1 amide bonds. The Morgan fingerprint density at radius 2 is 1.89 bits per heavy atom. The van der Waals surface area contributed by atoms with E-state index < -0.39 is 26.6 Å². The molecule has 3 rings (SSSR count). The van der Waals surface area contributed by atoms with Gasteiger partial charge in [0, 0.05) is 36.9 Å². The third-order valence-corrected chi connectivity index (χ3v) is 5.53. The van der Waals surface area contributed by atoms with Gasteiger partial charge in [0.1, 0.15) is 16.5 Å². The predicted octanol–water partition coefficient (Wildman–Crippen LogP) is 2.20. The molecule has 9 heteroatoms. The quantitative estimate of drug-likeness (QED) is 0.723. The van der Waals surface area contributed by atoms with Gasteiger partial charge in [-0.25, -0.2) is 26.7 Å². The summed E-state index contributed by atoms with van der Waals surface area (Å²) in [4.78, 5) is 19.9. The first-order chi connectivity index (χ1) is 12.8. The molecule has 0 unspecified atom stereocenters. The molecule has 0 spiro atoms. The number of carbonyl (C=O) groups is 1. The fourth-order valence-corrected chi connectivity index (χ4v) is 3.63. The van der Waals surface area contributed by atoms with E-state index >= 15 is 0 Å². The van der Waals surface area contributed by atoms with Gasteiger partial charge < -0.3 is 5.32 Å². The monoisotopic (exact) mass is 388 g/mol. The fraction of sp³-hybridized carbons (Fsp3) is 0.167. The van der Waals surface area contributed by atoms with Gasteiger partial charge in [-0.1, -0.05) is 6.07 Å². The normalized spacial score (nSPS) is 11.4. The molecular formula is C18H17FN4O3S. The summed E-state index contributed by atoms with van der Waals surface area (Å²) in [6, 6.07) is 5.21. The van der Waals surface area contributed by atoms with Crippen LogP contribution in [0.3, 0.4) is 0 Å². The molecular weight excluding hydrogens is 371 g/mol. The Bertz CT molecular complexity index is 1090. The molecule has 0 radical (unpaired) electrons. The lowest BCUT2D eigenvalue weighted by Gasteiger charge is -2.07. The van der Waals surface area contributed by atoms with E-state index in [-0.39, 0.29) is 12.1 Å². The molecule has 140 valence electrons. The summed E-state index contributed by atoms with van der Waals surface area (Å²) in [6.07, 6.45) is 5.55. The lowest BCUT2D eigenvalue weighted by molar-refractivity contribution is 0.0951. The van der Waals surface area contributed by atoms with E-state index in [2.05, 4.69) is 15.3 Å². The fourth-order valence-electron chi connectivity index (χ4n) is 2.38. The van der Waals surface area contributed by atoms with Crippen molar-refractivity contribution < 1.29 is 17.6 Å². The van der Waals surface area contributed by atoms with E-state index in [4.69, 9.17) is 0 Å². The highest BCUT2D eigenvalue weighted by atomic mass is 32.2. The molecule has 0 saturated heterocycles. The van der Waals surface area contributed by atoms with Crippen molar-refractivity contribution in [1.29, 1.82) is 0 Å². The second-order valence-electron chi connectivity index (χ2n) is 5.99. The lowest BCUT2D eigenvalue weighted by Crippen LogP contribution is -2.22. The number of rotatable bonds is 5. The molecule has 0 aliphatic carbocycles. The standard InChI is InChI=1S/C18H17FN4O3S/c1-12-3-4-17(16(19)7-12)27(25,26)23-6-5-15(11-23)18(24)22-10-14-8-20-13(2)21-9-14/h3-9,11H,10H2,1-2H3,(H,22,24). The van der Waals surface area contributed by atoms with Crippen LogP contribution < -0.4 is 5.32 Å². The summed E-state index contributed by atoms with van der Waals surface area (Å²) in [5.74, 6) is -0.682. The molecule has 1 N–H and O–H groups in total. The van der Waals surface area contributed by atoms with Crippen LogP contribution in [0.2, 0.25) is 0 Å². The Kier molecular flexibility index (Phi) is 5.04. The van der Waals surface area contributed by atoms with Gasteiger partial charge in [-0.15, -0.1) is 0 Å². The minimum Gasteiger partial charge on any atom is -0.348 e. The first-order valence-corrected chi connectivity index (χ1v) is 9.47. The SMILES string of the molecule is Cc1ccc(S(=O)(=O)n2ccc(C(=O)NCc3cnc(C)nc3)c2)c(F)c1. The molecule has 2 aromatic heterocycles. The van der Waals surface area contributed by atoms with Crippen molar-refractivity contribution in [2.24, 2.45) is 0 Å². The Balaban J connectivity index is 1.77. The van der Waals surface area contributed by atoms with Crippen LogP contribution in [-0.4, -0.2) is 28.3 Å². The molecule has 0 saturated carbocycles. The van der Waals surface area contributed by atoms with E-state index in [1.54, 1.807) is 26.2 Å². The van der Waals surface area contributed by atoms with Crippen LogP contribution in [0.15, 0.2) is 53.9 Å². The van der Waals surface area contributed by atoms with Crippen molar-refractivity contribution in [1.82, 2.24) is 19.3 Å². The number of aryl methyl sites for hydroxylation is 2. The number of nitrogens with one attached hydrogen (secondary N) is 1. The van der Waals surface area contributed by atoms with Gasteiger partial charge in [-0.05, 0) is 37.6 Å². The smallest absolute Gasteiger partial charge is 0.270 e. The lowest BCUT2D eigenvalue weighted by atomic mass is 10.2. The Morgan fingerprint density at radius 1 is 1.19 bits per heavy atom. The summed E-state index contributed by atoms with van der Waals surface area (Å²) in [7, 11) is -4.13. The Labute approximate surface area is 156 Å². The van der Waals surface area contributed by atoms with Crippen LogP contribution in [0.25, 0.3) is 0 Å². The van der Waals surface area contributed by atoms with Gasteiger partial charge >= 0.3 is 0 Å². The van der Waals surface area contributed by atoms with Crippen LogP contribution >= 0.6 is 0 Å². The topological polar surface area (TPSA) is 94.0 Å². The molecule has 7 nitrogen and oxygen atoms in total. The first kappa shape index (κ1) is 18.7. The number of benzene rings is 1. The number of carbonyl (C=O) groups excluding carboxylic acids is 1. The summed E-state index contributed by atoms with van der Waals surface area (Å²) in [5, 5.41) is 2.66. The maximum absolute atomic E-state index is 14.1. The minimum atomic E-state index is -4.13. The predicted molar refractivity (Wildman–Crippen MR) is 96.1 cm³/mol. The molecule has 2 heterocycles. The molecule has 0 bridgehead atoms. The summed E-state index contributed by atoms with van der Waals surface area (Å²) in [6.45, 7) is 3.61. The highest BCUT2D eigenvalue weighted by molar-refractivity contribution is 7.90. The number of hydrogen-bond acceptors (Lipinski definition) is 5. The zero-order valence-electron chi connectivity index (χ0n) is 14.7. The highest BCUT2D eigenvalue weighted by Crippen LogP contribution is 2.19. The molecule has 0 aliphatic rings. The molecule has 1 aromatic carbocycles. The van der Waals surface area contributed by atoms with Gasteiger partial charge in [0.15, 0.2) is 0 Å². The highest BCUT2D eigenvalue weighted by Gasteiger charge is 2.22. The largest absolute Gasteiger partial charge is 0.348 e. The average molecular weight is 388 g/mol. The number of aromatic nitrogens is 3. The van der Waals surface area contributed by atoms with Crippen molar-refractivity contribution in [2.75, 3.05) is 0 Å². The second kappa shape index (κ2) is 7.28. The maximum atomic E-state index is 14.1. The van der Waals surface area contributed by atoms with Crippen molar-refractivity contribution in [3.8, 4) is 0 Å². The zero-order chi connectivity index (χ0) is 19.6. The number of hydrogen-bond donors (Lipinski definition) is 1. The van der Waals surface area contributed by atoms with Gasteiger partial charge in [0.2, 0.25) is 0 Å². The number of nitrogens with zero attached hydrogens (tertiary/aromatic N) is 3. The van der Waals surface area contributed by atoms with Crippen molar-refractivity contribution in [3.05, 3.63) is 77.4 Å². The van der Waals surface area contributed by atoms with E-state index in [0.717, 1.165) is 16.2 Å². The third-order valence-electron chi connectivity index (χ3n) is 3.86. The maximum Gasteiger partial charge on any atom is 0.270 e. The Hall–Kier alpha value is -3.07. The van der Waals surface area contributed by atoms with Crippen LogP contribution in [0.4, 0.5) is 4.39 Å². The van der Waals surface area contributed by atoms with Gasteiger partial charge in [-0.3, -0.25) is 4.79 Å². The zero-order valence-corrected chi connectivity index (χ0v) is 15.5. The van der Waals surface area contributed by atoms with E-state index in [0.29, 0.717) is 17.0 Å². The second-order valence-corrected chi connectivity index (χ2v) is 7.80. The van der Waals surface area contributed by atoms with Crippen LogP contribution in [0, 0.1) is 19.7 Å².